The van der Waals surface area contributed by atoms with Gasteiger partial charge in [-0.2, -0.15) is 0 Å². The number of hydrogen-bond donors (Lipinski definition) is 2. The minimum absolute atomic E-state index is 0.546. The van der Waals surface area contributed by atoms with Crippen molar-refractivity contribution >= 4 is 11.4 Å². The molecule has 0 heterocycles. The Morgan fingerprint density at radius 2 is 0.963 bits per heavy atom. The van der Waals surface area contributed by atoms with E-state index >= 15 is 0 Å². The van der Waals surface area contributed by atoms with Crippen molar-refractivity contribution in [1.29, 1.82) is 0 Å². The number of anilines is 2. The molecule has 0 saturated carbocycles. The van der Waals surface area contributed by atoms with Crippen LogP contribution >= 0.6 is 0 Å². The Morgan fingerprint density at radius 3 is 1.26 bits per heavy atom. The average molecular weight is 367 g/mol. The molecule has 0 bridgehead atoms. The third kappa shape index (κ3) is 4.66. The molecule has 0 aliphatic carbocycles. The summed E-state index contributed by atoms with van der Waals surface area (Å²) in [6.07, 6.45) is 5.01. The Balaban J connectivity index is 2.55. The van der Waals surface area contributed by atoms with Gasteiger partial charge in [0.2, 0.25) is 0 Å². The second-order valence-corrected chi connectivity index (χ2v) is 8.01. The molecule has 2 unspecified atom stereocenters. The molecule has 0 amide bonds. The van der Waals surface area contributed by atoms with Crippen LogP contribution in [-0.4, -0.2) is 0 Å². The molecule has 0 aliphatic rings. The lowest BCUT2D eigenvalue weighted by Crippen LogP contribution is -2.07. The van der Waals surface area contributed by atoms with Gasteiger partial charge >= 0.3 is 0 Å². The first kappa shape index (κ1) is 21.3. The fraction of sp³-hybridized carbons (Fsp3) is 0.520. The number of nitrogen functional groups attached to an aromatic ring is 2. The highest BCUT2D eigenvalue weighted by atomic mass is 14.6. The van der Waals surface area contributed by atoms with E-state index in [0.29, 0.717) is 11.8 Å². The highest BCUT2D eigenvalue weighted by Gasteiger charge is 2.15. The SMILES string of the molecule is CCc1cc(C(C)CC)cc(Cc2cc(C(C)CC)cc(CC)c2N)c1N. The molecule has 4 N–H and O–H groups in total. The predicted octanol–water partition coefficient (Wildman–Crippen LogP) is 6.59. The third-order valence-corrected chi connectivity index (χ3v) is 6.25. The van der Waals surface area contributed by atoms with Gasteiger partial charge in [0.15, 0.2) is 0 Å². The highest BCUT2D eigenvalue weighted by Crippen LogP contribution is 2.33. The van der Waals surface area contributed by atoms with Crippen LogP contribution in [0, 0.1) is 0 Å². The van der Waals surface area contributed by atoms with E-state index < -0.39 is 0 Å². The van der Waals surface area contributed by atoms with Gasteiger partial charge in [0.05, 0.1) is 0 Å². The zero-order chi connectivity index (χ0) is 20.1. The van der Waals surface area contributed by atoms with Crippen molar-refractivity contribution in [3.05, 3.63) is 57.6 Å². The fourth-order valence-corrected chi connectivity index (χ4v) is 3.73. The molecule has 2 atom stereocenters. The van der Waals surface area contributed by atoms with E-state index in [0.717, 1.165) is 43.5 Å². The van der Waals surface area contributed by atoms with Crippen LogP contribution in [0.1, 0.15) is 99.6 Å². The van der Waals surface area contributed by atoms with Crippen molar-refractivity contribution in [1.82, 2.24) is 0 Å². The summed E-state index contributed by atoms with van der Waals surface area (Å²) < 4.78 is 0. The molecule has 0 saturated heterocycles. The topological polar surface area (TPSA) is 52.0 Å². The zero-order valence-electron chi connectivity index (χ0n) is 18.2. The maximum absolute atomic E-state index is 6.56. The molecule has 2 nitrogen and oxygen atoms in total. The van der Waals surface area contributed by atoms with Gasteiger partial charge in [0.1, 0.15) is 0 Å². The standard InChI is InChI=1S/C25H38N2/c1-7-16(5)20-11-18(9-3)24(26)22(13-20)15-23-14-21(17(6)8-2)12-19(10-4)25(23)27/h11-14,16-17H,7-10,15,26-27H2,1-6H3. The van der Waals surface area contributed by atoms with Crippen LogP contribution in [0.15, 0.2) is 24.3 Å². The van der Waals surface area contributed by atoms with E-state index in [1.54, 1.807) is 0 Å². The number of rotatable bonds is 8. The maximum atomic E-state index is 6.56. The van der Waals surface area contributed by atoms with Crippen molar-refractivity contribution in [2.45, 2.75) is 85.5 Å². The van der Waals surface area contributed by atoms with Crippen LogP contribution in [0.5, 0.6) is 0 Å². The highest BCUT2D eigenvalue weighted by molar-refractivity contribution is 5.62. The summed E-state index contributed by atoms with van der Waals surface area (Å²) in [5, 5.41) is 0. The summed E-state index contributed by atoms with van der Waals surface area (Å²) in [7, 11) is 0. The van der Waals surface area contributed by atoms with Crippen molar-refractivity contribution in [2.75, 3.05) is 11.5 Å². The number of benzene rings is 2. The normalized spacial score (nSPS) is 13.6. The third-order valence-electron chi connectivity index (χ3n) is 6.25. The molecule has 0 spiro atoms. The zero-order valence-corrected chi connectivity index (χ0v) is 18.2. The van der Waals surface area contributed by atoms with Crippen LogP contribution in [0.3, 0.4) is 0 Å². The summed E-state index contributed by atoms with van der Waals surface area (Å²) in [5.74, 6) is 1.09. The summed E-state index contributed by atoms with van der Waals surface area (Å²) in [6, 6.07) is 9.21. The summed E-state index contributed by atoms with van der Waals surface area (Å²) in [5.41, 5.74) is 22.7. The van der Waals surface area contributed by atoms with Gasteiger partial charge < -0.3 is 11.5 Å². The lowest BCUT2D eigenvalue weighted by Gasteiger charge is -2.20. The van der Waals surface area contributed by atoms with E-state index in [-0.39, 0.29) is 0 Å². The number of hydrogen-bond acceptors (Lipinski definition) is 2. The van der Waals surface area contributed by atoms with Crippen LogP contribution in [0.2, 0.25) is 0 Å². The minimum atomic E-state index is 0.546. The van der Waals surface area contributed by atoms with Crippen molar-refractivity contribution in [3.63, 3.8) is 0 Å². The quantitative estimate of drug-likeness (QED) is 0.517. The average Bonchev–Trinajstić information content (AvgIpc) is 2.69. The molecule has 27 heavy (non-hydrogen) atoms. The molecule has 0 radical (unpaired) electrons. The van der Waals surface area contributed by atoms with Crippen LogP contribution < -0.4 is 11.5 Å². The molecule has 2 rings (SSSR count). The second kappa shape index (κ2) is 9.30. The molecule has 2 aromatic carbocycles. The summed E-state index contributed by atoms with van der Waals surface area (Å²) in [4.78, 5) is 0. The molecule has 0 aromatic heterocycles. The maximum Gasteiger partial charge on any atom is 0.0382 e. The Hall–Kier alpha value is -1.96. The lowest BCUT2D eigenvalue weighted by atomic mass is 9.87. The first-order valence-electron chi connectivity index (χ1n) is 10.7. The fourth-order valence-electron chi connectivity index (χ4n) is 3.73. The molecule has 148 valence electrons. The minimum Gasteiger partial charge on any atom is -0.398 e. The Kier molecular flexibility index (Phi) is 7.35. The summed E-state index contributed by atoms with van der Waals surface area (Å²) in [6.45, 7) is 13.4. The van der Waals surface area contributed by atoms with Crippen molar-refractivity contribution < 1.29 is 0 Å². The van der Waals surface area contributed by atoms with Crippen LogP contribution in [-0.2, 0) is 19.3 Å². The number of nitrogens with two attached hydrogens (primary N) is 2. The van der Waals surface area contributed by atoms with Crippen molar-refractivity contribution in [2.24, 2.45) is 0 Å². The van der Waals surface area contributed by atoms with E-state index in [1.165, 1.54) is 33.4 Å². The van der Waals surface area contributed by atoms with Crippen molar-refractivity contribution in [3.8, 4) is 0 Å². The Morgan fingerprint density at radius 1 is 0.630 bits per heavy atom. The summed E-state index contributed by atoms with van der Waals surface area (Å²) >= 11 is 0. The Labute approximate surface area is 166 Å². The monoisotopic (exact) mass is 366 g/mol. The first-order valence-corrected chi connectivity index (χ1v) is 10.7. The van der Waals surface area contributed by atoms with Gasteiger partial charge in [-0.15, -0.1) is 0 Å². The van der Waals surface area contributed by atoms with E-state index in [9.17, 15) is 0 Å². The smallest absolute Gasteiger partial charge is 0.0382 e. The van der Waals surface area contributed by atoms with Gasteiger partial charge in [-0.1, -0.05) is 65.8 Å². The van der Waals surface area contributed by atoms with E-state index in [1.807, 2.05) is 0 Å². The van der Waals surface area contributed by atoms with Crippen LogP contribution in [0.4, 0.5) is 11.4 Å². The molecule has 0 aliphatic heterocycles. The molecule has 2 heteroatoms. The molecular weight excluding hydrogens is 328 g/mol. The molecular formula is C25H38N2. The van der Waals surface area contributed by atoms with E-state index in [2.05, 4.69) is 65.8 Å². The lowest BCUT2D eigenvalue weighted by molar-refractivity contribution is 0.729. The number of aryl methyl sites for hydroxylation is 2. The van der Waals surface area contributed by atoms with Gasteiger partial charge in [0.25, 0.3) is 0 Å². The van der Waals surface area contributed by atoms with Gasteiger partial charge in [-0.05, 0) is 70.9 Å². The molecule has 2 aromatic rings. The Bertz CT molecular complexity index is 711. The largest absolute Gasteiger partial charge is 0.398 e. The van der Waals surface area contributed by atoms with Gasteiger partial charge in [-0.3, -0.25) is 0 Å². The first-order chi connectivity index (χ1) is 12.9. The van der Waals surface area contributed by atoms with Gasteiger partial charge in [-0.25, -0.2) is 0 Å². The second-order valence-electron chi connectivity index (χ2n) is 8.01. The van der Waals surface area contributed by atoms with Gasteiger partial charge in [0, 0.05) is 17.8 Å². The van der Waals surface area contributed by atoms with Crippen LogP contribution in [0.25, 0.3) is 0 Å². The predicted molar refractivity (Wildman–Crippen MR) is 121 cm³/mol. The van der Waals surface area contributed by atoms with E-state index in [4.69, 9.17) is 11.5 Å². The molecule has 0 fully saturated rings.